The van der Waals surface area contributed by atoms with E-state index in [1.54, 1.807) is 0 Å². The summed E-state index contributed by atoms with van der Waals surface area (Å²) in [6, 6.07) is 16.4. The van der Waals surface area contributed by atoms with Crippen LogP contribution >= 0.6 is 11.6 Å². The van der Waals surface area contributed by atoms with Gasteiger partial charge in [0.1, 0.15) is 12.4 Å². The second-order valence-corrected chi connectivity index (χ2v) is 6.58. The molecule has 0 spiro atoms. The van der Waals surface area contributed by atoms with Crippen LogP contribution in [-0.2, 0) is 4.74 Å². The lowest BCUT2D eigenvalue weighted by Gasteiger charge is -2.26. The highest BCUT2D eigenvalue weighted by molar-refractivity contribution is 6.30. The molecule has 0 radical (unpaired) electrons. The van der Waals surface area contributed by atoms with Crippen LogP contribution in [0.5, 0.6) is 5.75 Å². The molecular weight excluding hydrogens is 322 g/mol. The Morgan fingerprint density at radius 2 is 1.58 bits per heavy atom. The van der Waals surface area contributed by atoms with E-state index in [0.29, 0.717) is 12.5 Å². The molecule has 24 heavy (non-hydrogen) atoms. The summed E-state index contributed by atoms with van der Waals surface area (Å²) in [6.45, 7) is 7.53. The maximum Gasteiger partial charge on any atom is 0.119 e. The zero-order valence-corrected chi connectivity index (χ0v) is 14.8. The van der Waals surface area contributed by atoms with Crippen LogP contribution in [0.1, 0.15) is 24.0 Å². The van der Waals surface area contributed by atoms with Gasteiger partial charge in [-0.1, -0.05) is 42.8 Å². The van der Waals surface area contributed by atoms with Crippen molar-refractivity contribution in [1.82, 2.24) is 4.90 Å². The second kappa shape index (κ2) is 8.52. The number of hydrogen-bond donors (Lipinski definition) is 0. The van der Waals surface area contributed by atoms with Crippen molar-refractivity contribution in [3.05, 3.63) is 64.7 Å². The topological polar surface area (TPSA) is 21.7 Å². The summed E-state index contributed by atoms with van der Waals surface area (Å²) in [6.07, 6.45) is 0. The van der Waals surface area contributed by atoms with E-state index in [2.05, 4.69) is 48.2 Å². The first-order chi connectivity index (χ1) is 11.7. The number of morpholine rings is 1. The quantitative estimate of drug-likeness (QED) is 0.783. The summed E-state index contributed by atoms with van der Waals surface area (Å²) in [7, 11) is 0. The van der Waals surface area contributed by atoms with Crippen molar-refractivity contribution in [2.75, 3.05) is 39.5 Å². The molecular formula is C20H24ClNO2. The van der Waals surface area contributed by atoms with Crippen molar-refractivity contribution in [1.29, 1.82) is 0 Å². The van der Waals surface area contributed by atoms with Gasteiger partial charge in [-0.2, -0.15) is 0 Å². The number of benzene rings is 2. The van der Waals surface area contributed by atoms with Crippen LogP contribution in [0.15, 0.2) is 48.5 Å². The highest BCUT2D eigenvalue weighted by atomic mass is 35.5. The highest BCUT2D eigenvalue weighted by Gasteiger charge is 2.11. The summed E-state index contributed by atoms with van der Waals surface area (Å²) in [5.74, 6) is 1.26. The standard InChI is InChI=1S/C20H24ClNO2/c1-16(17-2-6-19(21)7-3-17)18-4-8-20(9-5-18)24-15-12-22-10-13-23-14-11-22/h2-9,16H,10-15H2,1H3. The summed E-state index contributed by atoms with van der Waals surface area (Å²) in [5.41, 5.74) is 2.54. The Morgan fingerprint density at radius 3 is 2.21 bits per heavy atom. The smallest absolute Gasteiger partial charge is 0.119 e. The van der Waals surface area contributed by atoms with Crippen LogP contribution in [0.4, 0.5) is 0 Å². The average Bonchev–Trinajstić information content (AvgIpc) is 2.63. The van der Waals surface area contributed by atoms with E-state index in [9.17, 15) is 0 Å². The molecule has 0 saturated carbocycles. The molecule has 1 heterocycles. The van der Waals surface area contributed by atoms with E-state index in [4.69, 9.17) is 21.1 Å². The fourth-order valence-electron chi connectivity index (χ4n) is 2.91. The monoisotopic (exact) mass is 345 g/mol. The van der Waals surface area contributed by atoms with Gasteiger partial charge in [-0.05, 0) is 35.4 Å². The minimum absolute atomic E-state index is 0.338. The van der Waals surface area contributed by atoms with Gasteiger partial charge >= 0.3 is 0 Å². The first kappa shape index (κ1) is 17.3. The third kappa shape index (κ3) is 4.73. The van der Waals surface area contributed by atoms with Crippen LogP contribution in [0.3, 0.4) is 0 Å². The zero-order chi connectivity index (χ0) is 16.8. The maximum atomic E-state index is 5.96. The summed E-state index contributed by atoms with van der Waals surface area (Å²) >= 11 is 5.96. The van der Waals surface area contributed by atoms with Crippen LogP contribution in [0.25, 0.3) is 0 Å². The molecule has 1 atom stereocenters. The van der Waals surface area contributed by atoms with Crippen LogP contribution in [-0.4, -0.2) is 44.4 Å². The Kier molecular flexibility index (Phi) is 6.13. The van der Waals surface area contributed by atoms with Gasteiger partial charge in [-0.3, -0.25) is 4.90 Å². The molecule has 1 fully saturated rings. The van der Waals surface area contributed by atoms with E-state index >= 15 is 0 Å². The first-order valence-electron chi connectivity index (χ1n) is 8.51. The van der Waals surface area contributed by atoms with Crippen LogP contribution in [0.2, 0.25) is 5.02 Å². The minimum atomic E-state index is 0.338. The molecule has 0 N–H and O–H groups in total. The fraction of sp³-hybridized carbons (Fsp3) is 0.400. The van der Waals surface area contributed by atoms with Crippen molar-refractivity contribution < 1.29 is 9.47 Å². The van der Waals surface area contributed by atoms with Gasteiger partial charge in [0.25, 0.3) is 0 Å². The number of hydrogen-bond acceptors (Lipinski definition) is 3. The molecule has 1 saturated heterocycles. The van der Waals surface area contributed by atoms with Gasteiger partial charge in [-0.25, -0.2) is 0 Å². The summed E-state index contributed by atoms with van der Waals surface area (Å²) in [4.78, 5) is 2.38. The van der Waals surface area contributed by atoms with Gasteiger partial charge < -0.3 is 9.47 Å². The van der Waals surface area contributed by atoms with Crippen molar-refractivity contribution in [2.24, 2.45) is 0 Å². The zero-order valence-electron chi connectivity index (χ0n) is 14.1. The van der Waals surface area contributed by atoms with Crippen molar-refractivity contribution in [3.63, 3.8) is 0 Å². The second-order valence-electron chi connectivity index (χ2n) is 6.14. The number of ether oxygens (including phenoxy) is 2. The summed E-state index contributed by atoms with van der Waals surface area (Å²) < 4.78 is 11.2. The lowest BCUT2D eigenvalue weighted by Crippen LogP contribution is -2.38. The van der Waals surface area contributed by atoms with Crippen molar-refractivity contribution in [2.45, 2.75) is 12.8 Å². The predicted molar refractivity (Wildman–Crippen MR) is 98.2 cm³/mol. The molecule has 4 heteroatoms. The maximum absolute atomic E-state index is 5.96. The Bertz CT molecular complexity index is 621. The van der Waals surface area contributed by atoms with Crippen LogP contribution in [0, 0.1) is 0 Å². The van der Waals surface area contributed by atoms with Crippen LogP contribution < -0.4 is 4.74 Å². The molecule has 0 aromatic heterocycles. The van der Waals surface area contributed by atoms with Gasteiger partial charge in [0, 0.05) is 30.6 Å². The molecule has 2 aromatic carbocycles. The molecule has 1 unspecified atom stereocenters. The molecule has 0 aliphatic carbocycles. The molecule has 3 rings (SSSR count). The molecule has 1 aliphatic rings. The van der Waals surface area contributed by atoms with E-state index < -0.39 is 0 Å². The number of rotatable bonds is 6. The highest BCUT2D eigenvalue weighted by Crippen LogP contribution is 2.26. The SMILES string of the molecule is CC(c1ccc(Cl)cc1)c1ccc(OCCN2CCOCC2)cc1. The summed E-state index contributed by atoms with van der Waals surface area (Å²) in [5, 5.41) is 0.773. The Hall–Kier alpha value is -1.55. The Morgan fingerprint density at radius 1 is 1.00 bits per heavy atom. The Labute approximate surface area is 149 Å². The first-order valence-corrected chi connectivity index (χ1v) is 8.88. The lowest BCUT2D eigenvalue weighted by atomic mass is 9.93. The molecule has 0 bridgehead atoms. The average molecular weight is 346 g/mol. The lowest BCUT2D eigenvalue weighted by molar-refractivity contribution is 0.0322. The largest absolute Gasteiger partial charge is 0.492 e. The van der Waals surface area contributed by atoms with Crippen molar-refractivity contribution >= 4 is 11.6 Å². The van der Waals surface area contributed by atoms with Crippen molar-refractivity contribution in [3.8, 4) is 5.75 Å². The van der Waals surface area contributed by atoms with E-state index in [1.165, 1.54) is 11.1 Å². The minimum Gasteiger partial charge on any atom is -0.492 e. The van der Waals surface area contributed by atoms with Gasteiger partial charge in [0.15, 0.2) is 0 Å². The molecule has 128 valence electrons. The molecule has 2 aromatic rings. The fourth-order valence-corrected chi connectivity index (χ4v) is 3.04. The third-order valence-corrected chi connectivity index (χ3v) is 4.78. The van der Waals surface area contributed by atoms with Gasteiger partial charge in [0.05, 0.1) is 13.2 Å². The van der Waals surface area contributed by atoms with E-state index in [-0.39, 0.29) is 0 Å². The van der Waals surface area contributed by atoms with Gasteiger partial charge in [0.2, 0.25) is 0 Å². The third-order valence-electron chi connectivity index (χ3n) is 4.53. The number of halogens is 1. The Balaban J connectivity index is 1.51. The van der Waals surface area contributed by atoms with E-state index in [1.807, 2.05) is 12.1 Å². The predicted octanol–water partition coefficient (Wildman–Crippen LogP) is 4.20. The molecule has 3 nitrogen and oxygen atoms in total. The molecule has 0 amide bonds. The van der Waals surface area contributed by atoms with Gasteiger partial charge in [-0.15, -0.1) is 0 Å². The normalized spacial score (nSPS) is 16.8. The molecule has 1 aliphatic heterocycles. The van der Waals surface area contributed by atoms with E-state index in [0.717, 1.165) is 43.6 Å². The number of nitrogens with zero attached hydrogens (tertiary/aromatic N) is 1.